The molecule has 26 heavy (non-hydrogen) atoms. The van der Waals surface area contributed by atoms with E-state index in [4.69, 9.17) is 4.74 Å². The highest BCUT2D eigenvalue weighted by molar-refractivity contribution is 5.74. The Labute approximate surface area is 154 Å². The number of halogens is 1. The van der Waals surface area contributed by atoms with Gasteiger partial charge in [-0.3, -0.25) is 0 Å². The second-order valence-corrected chi connectivity index (χ2v) is 6.97. The molecule has 2 amide bonds. The molecule has 1 aliphatic carbocycles. The molecule has 4 nitrogen and oxygen atoms in total. The predicted octanol–water partition coefficient (Wildman–Crippen LogP) is 4.27. The smallest absolute Gasteiger partial charge is 0.317 e. The third-order valence-electron chi connectivity index (χ3n) is 5.38. The Bertz CT molecular complexity index is 772. The van der Waals surface area contributed by atoms with E-state index in [-0.39, 0.29) is 23.3 Å². The number of hydrogen-bond acceptors (Lipinski definition) is 2. The number of nitrogens with one attached hydrogen (secondary N) is 1. The largest absolute Gasteiger partial charge is 0.496 e. The quantitative estimate of drug-likeness (QED) is 0.840. The minimum Gasteiger partial charge on any atom is -0.496 e. The van der Waals surface area contributed by atoms with Crippen LogP contribution in [0, 0.1) is 5.82 Å². The van der Waals surface area contributed by atoms with E-state index in [2.05, 4.69) is 5.32 Å². The molecule has 1 unspecified atom stereocenters. The molecule has 1 N–H and O–H groups in total. The number of para-hydroxylation sites is 1. The Morgan fingerprint density at radius 2 is 1.88 bits per heavy atom. The van der Waals surface area contributed by atoms with Crippen LogP contribution >= 0.6 is 0 Å². The molecule has 2 aromatic carbocycles. The lowest BCUT2D eigenvalue weighted by molar-refractivity contribution is 0.192. The Balaban J connectivity index is 1.63. The minimum atomic E-state index is -0.237. The van der Waals surface area contributed by atoms with Crippen LogP contribution in [0.15, 0.2) is 48.5 Å². The van der Waals surface area contributed by atoms with Gasteiger partial charge in [0.2, 0.25) is 0 Å². The van der Waals surface area contributed by atoms with E-state index < -0.39 is 0 Å². The van der Waals surface area contributed by atoms with Gasteiger partial charge in [0.15, 0.2) is 0 Å². The van der Waals surface area contributed by atoms with Crippen molar-refractivity contribution in [2.75, 3.05) is 20.7 Å². The van der Waals surface area contributed by atoms with E-state index in [0.717, 1.165) is 29.7 Å². The molecular weight excluding hydrogens is 331 g/mol. The summed E-state index contributed by atoms with van der Waals surface area (Å²) in [7, 11) is 3.41. The molecule has 1 saturated carbocycles. The molecule has 1 aliphatic rings. The van der Waals surface area contributed by atoms with Crippen LogP contribution in [0.5, 0.6) is 5.75 Å². The van der Waals surface area contributed by atoms with E-state index in [0.29, 0.717) is 6.54 Å². The van der Waals surface area contributed by atoms with Gasteiger partial charge in [-0.1, -0.05) is 30.3 Å². The van der Waals surface area contributed by atoms with Gasteiger partial charge in [0.1, 0.15) is 11.6 Å². The molecule has 2 aromatic rings. The second-order valence-electron chi connectivity index (χ2n) is 6.97. The number of urea groups is 1. The third-order valence-corrected chi connectivity index (χ3v) is 5.38. The Morgan fingerprint density at radius 1 is 1.23 bits per heavy atom. The van der Waals surface area contributed by atoms with Crippen molar-refractivity contribution >= 4 is 6.03 Å². The van der Waals surface area contributed by atoms with Gasteiger partial charge in [-0.05, 0) is 43.5 Å². The van der Waals surface area contributed by atoms with Crippen molar-refractivity contribution in [1.29, 1.82) is 0 Å². The number of nitrogens with zero attached hydrogens (tertiary/aromatic N) is 1. The lowest BCUT2D eigenvalue weighted by Gasteiger charge is -2.28. The molecule has 138 valence electrons. The highest BCUT2D eigenvalue weighted by atomic mass is 19.1. The summed E-state index contributed by atoms with van der Waals surface area (Å²) in [6.07, 6.45) is 2.01. The van der Waals surface area contributed by atoms with Crippen molar-refractivity contribution in [1.82, 2.24) is 10.2 Å². The number of carbonyl (C=O) groups excluding carboxylic acids is 1. The monoisotopic (exact) mass is 356 g/mol. The summed E-state index contributed by atoms with van der Waals surface area (Å²) in [6.45, 7) is 2.53. The van der Waals surface area contributed by atoms with Crippen LogP contribution in [-0.4, -0.2) is 31.6 Å². The number of methoxy groups -OCH3 is 1. The Hall–Kier alpha value is -2.56. The SMILES string of the molecule is COc1ccccc1C(C)N(C)C(=O)NCC1(c2ccc(F)cc2)CC1. The lowest BCUT2D eigenvalue weighted by Crippen LogP contribution is -2.42. The van der Waals surface area contributed by atoms with Crippen LogP contribution in [-0.2, 0) is 5.41 Å². The topological polar surface area (TPSA) is 41.6 Å². The highest BCUT2D eigenvalue weighted by Crippen LogP contribution is 2.47. The predicted molar refractivity (Wildman–Crippen MR) is 99.9 cm³/mol. The maximum atomic E-state index is 13.1. The van der Waals surface area contributed by atoms with E-state index >= 15 is 0 Å². The average molecular weight is 356 g/mol. The molecule has 0 spiro atoms. The zero-order valence-electron chi connectivity index (χ0n) is 15.5. The number of carbonyl (C=O) groups is 1. The van der Waals surface area contributed by atoms with Crippen molar-refractivity contribution in [3.63, 3.8) is 0 Å². The van der Waals surface area contributed by atoms with Crippen molar-refractivity contribution in [2.45, 2.75) is 31.2 Å². The van der Waals surface area contributed by atoms with Gasteiger partial charge in [-0.15, -0.1) is 0 Å². The molecule has 1 fully saturated rings. The van der Waals surface area contributed by atoms with Crippen LogP contribution < -0.4 is 10.1 Å². The Kier molecular flexibility index (Phi) is 5.16. The maximum Gasteiger partial charge on any atom is 0.317 e. The first-order chi connectivity index (χ1) is 12.5. The summed E-state index contributed by atoms with van der Waals surface area (Å²) in [5.41, 5.74) is 1.99. The van der Waals surface area contributed by atoms with Crippen molar-refractivity contribution in [3.8, 4) is 5.75 Å². The molecule has 0 radical (unpaired) electrons. The van der Waals surface area contributed by atoms with Crippen molar-refractivity contribution < 1.29 is 13.9 Å². The van der Waals surface area contributed by atoms with Gasteiger partial charge in [-0.2, -0.15) is 0 Å². The first kappa shape index (κ1) is 18.2. The summed E-state index contributed by atoms with van der Waals surface area (Å²) in [6, 6.07) is 14.1. The summed E-state index contributed by atoms with van der Waals surface area (Å²) >= 11 is 0. The molecule has 0 bridgehead atoms. The normalized spacial score (nSPS) is 15.8. The van der Waals surface area contributed by atoms with Crippen molar-refractivity contribution in [2.24, 2.45) is 0 Å². The maximum absolute atomic E-state index is 13.1. The van der Waals surface area contributed by atoms with E-state index in [1.807, 2.05) is 43.3 Å². The minimum absolute atomic E-state index is 0.0577. The number of hydrogen-bond donors (Lipinski definition) is 1. The molecule has 0 saturated heterocycles. The molecule has 0 heterocycles. The first-order valence-electron chi connectivity index (χ1n) is 8.86. The van der Waals surface area contributed by atoms with Gasteiger partial charge in [0.25, 0.3) is 0 Å². The van der Waals surface area contributed by atoms with Crippen LogP contribution in [0.4, 0.5) is 9.18 Å². The summed E-state index contributed by atoms with van der Waals surface area (Å²) in [4.78, 5) is 14.3. The molecule has 0 aliphatic heterocycles. The van der Waals surface area contributed by atoms with Crippen LogP contribution in [0.2, 0.25) is 0 Å². The van der Waals surface area contributed by atoms with Gasteiger partial charge in [-0.25, -0.2) is 9.18 Å². The fourth-order valence-electron chi connectivity index (χ4n) is 3.29. The zero-order valence-corrected chi connectivity index (χ0v) is 15.5. The lowest BCUT2D eigenvalue weighted by atomic mass is 9.96. The van der Waals surface area contributed by atoms with Gasteiger partial charge < -0.3 is 15.0 Å². The molecular formula is C21H25FN2O2. The molecule has 1 atom stereocenters. The second kappa shape index (κ2) is 7.36. The summed E-state index contributed by atoms with van der Waals surface area (Å²) < 4.78 is 18.5. The number of benzene rings is 2. The zero-order chi connectivity index (χ0) is 18.7. The third kappa shape index (κ3) is 3.66. The van der Waals surface area contributed by atoms with Crippen LogP contribution in [0.1, 0.15) is 36.9 Å². The van der Waals surface area contributed by atoms with Gasteiger partial charge in [0.05, 0.1) is 13.2 Å². The number of amides is 2. The van der Waals surface area contributed by atoms with E-state index in [9.17, 15) is 9.18 Å². The summed E-state index contributed by atoms with van der Waals surface area (Å²) in [5, 5.41) is 3.04. The molecule has 3 rings (SSSR count). The fraction of sp³-hybridized carbons (Fsp3) is 0.381. The van der Waals surface area contributed by atoms with Gasteiger partial charge in [0, 0.05) is 24.6 Å². The molecule has 5 heteroatoms. The number of rotatable bonds is 6. The summed E-state index contributed by atoms with van der Waals surface area (Å²) in [5.74, 6) is 0.531. The van der Waals surface area contributed by atoms with E-state index in [1.54, 1.807) is 19.1 Å². The number of ether oxygens (including phenoxy) is 1. The van der Waals surface area contributed by atoms with Crippen LogP contribution in [0.3, 0.4) is 0 Å². The van der Waals surface area contributed by atoms with Crippen molar-refractivity contribution in [3.05, 3.63) is 65.5 Å². The van der Waals surface area contributed by atoms with Gasteiger partial charge >= 0.3 is 6.03 Å². The Morgan fingerprint density at radius 3 is 2.50 bits per heavy atom. The fourth-order valence-corrected chi connectivity index (χ4v) is 3.29. The first-order valence-corrected chi connectivity index (χ1v) is 8.86. The standard InChI is InChI=1S/C21H25FN2O2/c1-15(18-6-4-5-7-19(18)26-3)24(2)20(25)23-14-21(12-13-21)16-8-10-17(22)11-9-16/h4-11,15H,12-14H2,1-3H3,(H,23,25). The molecule has 0 aromatic heterocycles. The van der Waals surface area contributed by atoms with Crippen LogP contribution in [0.25, 0.3) is 0 Å². The highest BCUT2D eigenvalue weighted by Gasteiger charge is 2.44. The average Bonchev–Trinajstić information content (AvgIpc) is 3.46. The van der Waals surface area contributed by atoms with E-state index in [1.165, 1.54) is 12.1 Å².